The van der Waals surface area contributed by atoms with Crippen molar-refractivity contribution in [2.45, 2.75) is 16.8 Å². The van der Waals surface area contributed by atoms with Crippen LogP contribution in [-0.4, -0.2) is 16.4 Å². The van der Waals surface area contributed by atoms with Crippen molar-refractivity contribution in [1.82, 2.24) is 4.98 Å². The summed E-state index contributed by atoms with van der Waals surface area (Å²) in [6, 6.07) is 10.5. The zero-order chi connectivity index (χ0) is 12.3. The maximum atomic E-state index is 10.7. The number of rotatable bonds is 3. The number of carbonyl (C=O) groups is 1. The Morgan fingerprint density at radius 2 is 1.88 bits per heavy atom. The molecule has 0 amide bonds. The van der Waals surface area contributed by atoms with Crippen LogP contribution < -0.4 is 0 Å². The Labute approximate surface area is 104 Å². The first-order valence-corrected chi connectivity index (χ1v) is 5.90. The summed E-state index contributed by atoms with van der Waals surface area (Å²) in [5, 5.41) is 10.0. The van der Waals surface area contributed by atoms with Gasteiger partial charge in [-0.05, 0) is 43.3 Å². The number of nitrogens with zero attached hydrogens (tertiary/aromatic N) is 1. The smallest absolute Gasteiger partial charge is 0.151 e. The summed E-state index contributed by atoms with van der Waals surface area (Å²) < 4.78 is 0. The van der Waals surface area contributed by atoms with Gasteiger partial charge in [-0.2, -0.15) is 0 Å². The van der Waals surface area contributed by atoms with Crippen LogP contribution in [0.4, 0.5) is 0 Å². The molecular formula is C13H11NO2S. The first-order chi connectivity index (χ1) is 8.19. The third-order valence-electron chi connectivity index (χ3n) is 2.29. The second-order valence-electron chi connectivity index (χ2n) is 3.54. The van der Waals surface area contributed by atoms with Gasteiger partial charge >= 0.3 is 0 Å². The Balaban J connectivity index is 2.21. The highest BCUT2D eigenvalue weighted by Crippen LogP contribution is 2.27. The maximum absolute atomic E-state index is 10.7. The molecule has 17 heavy (non-hydrogen) atoms. The molecule has 0 unspecified atom stereocenters. The van der Waals surface area contributed by atoms with Gasteiger partial charge in [0.1, 0.15) is 10.8 Å². The van der Waals surface area contributed by atoms with Crippen molar-refractivity contribution in [2.75, 3.05) is 0 Å². The predicted octanol–water partition coefficient (Wildman–Crippen LogP) is 3.06. The van der Waals surface area contributed by atoms with Gasteiger partial charge in [-0.3, -0.25) is 4.79 Å². The van der Waals surface area contributed by atoms with Crippen molar-refractivity contribution >= 4 is 18.0 Å². The van der Waals surface area contributed by atoms with Gasteiger partial charge < -0.3 is 5.11 Å². The average Bonchev–Trinajstić information content (AvgIpc) is 2.32. The first-order valence-electron chi connectivity index (χ1n) is 5.09. The van der Waals surface area contributed by atoms with Crippen LogP contribution in [0.5, 0.6) is 5.75 Å². The molecular weight excluding hydrogens is 234 g/mol. The second kappa shape index (κ2) is 5.01. The number of carbonyl (C=O) groups excluding carboxylic acids is 1. The number of aromatic hydroxyl groups is 1. The first kappa shape index (κ1) is 11.7. The molecule has 1 aromatic heterocycles. The number of phenols is 1. The number of aryl methyl sites for hydroxylation is 1. The zero-order valence-electron chi connectivity index (χ0n) is 9.25. The van der Waals surface area contributed by atoms with E-state index in [2.05, 4.69) is 4.98 Å². The molecule has 1 aromatic carbocycles. The molecule has 2 aromatic rings. The molecule has 1 heterocycles. The van der Waals surface area contributed by atoms with Gasteiger partial charge in [0.15, 0.2) is 6.29 Å². The SMILES string of the molecule is Cc1nc(Sc2ccc(O)cc2)ccc1C=O. The Hall–Kier alpha value is -1.81. The average molecular weight is 245 g/mol. The van der Waals surface area contributed by atoms with Gasteiger partial charge in [-0.1, -0.05) is 11.8 Å². The Morgan fingerprint density at radius 1 is 1.18 bits per heavy atom. The summed E-state index contributed by atoms with van der Waals surface area (Å²) in [6.07, 6.45) is 0.803. The minimum absolute atomic E-state index is 0.245. The van der Waals surface area contributed by atoms with Crippen LogP contribution in [0.1, 0.15) is 16.1 Å². The molecule has 86 valence electrons. The number of phenolic OH excluding ortho intramolecular Hbond substituents is 1. The van der Waals surface area contributed by atoms with E-state index in [0.29, 0.717) is 5.56 Å². The number of aromatic nitrogens is 1. The fraction of sp³-hybridized carbons (Fsp3) is 0.0769. The van der Waals surface area contributed by atoms with E-state index in [1.54, 1.807) is 18.2 Å². The van der Waals surface area contributed by atoms with Gasteiger partial charge in [0, 0.05) is 16.2 Å². The van der Waals surface area contributed by atoms with Crippen LogP contribution in [-0.2, 0) is 0 Å². The molecule has 0 saturated carbocycles. The van der Waals surface area contributed by atoms with E-state index in [-0.39, 0.29) is 5.75 Å². The third kappa shape index (κ3) is 2.85. The molecule has 4 heteroatoms. The van der Waals surface area contributed by atoms with Crippen LogP contribution in [0, 0.1) is 6.92 Å². The van der Waals surface area contributed by atoms with Crippen LogP contribution in [0.25, 0.3) is 0 Å². The number of hydrogen-bond donors (Lipinski definition) is 1. The van der Waals surface area contributed by atoms with Crippen LogP contribution in [0.15, 0.2) is 46.3 Å². The summed E-state index contributed by atoms with van der Waals surface area (Å²) in [6.45, 7) is 1.81. The molecule has 0 fully saturated rings. The molecule has 1 N–H and O–H groups in total. The third-order valence-corrected chi connectivity index (χ3v) is 3.23. The summed E-state index contributed by atoms with van der Waals surface area (Å²) >= 11 is 1.49. The number of aldehydes is 1. The molecule has 0 aliphatic heterocycles. The fourth-order valence-electron chi connectivity index (χ4n) is 1.37. The van der Waals surface area contributed by atoms with E-state index in [0.717, 1.165) is 21.9 Å². The van der Waals surface area contributed by atoms with Crippen molar-refractivity contribution in [3.63, 3.8) is 0 Å². The molecule has 0 bridgehead atoms. The molecule has 0 aliphatic carbocycles. The molecule has 3 nitrogen and oxygen atoms in total. The van der Waals surface area contributed by atoms with E-state index in [4.69, 9.17) is 0 Å². The normalized spacial score (nSPS) is 10.2. The lowest BCUT2D eigenvalue weighted by atomic mass is 10.2. The van der Waals surface area contributed by atoms with Crippen molar-refractivity contribution in [1.29, 1.82) is 0 Å². The van der Waals surface area contributed by atoms with Crippen LogP contribution in [0.2, 0.25) is 0 Å². The largest absolute Gasteiger partial charge is 0.508 e. The lowest BCUT2D eigenvalue weighted by molar-refractivity contribution is 0.112. The van der Waals surface area contributed by atoms with Gasteiger partial charge in [-0.25, -0.2) is 4.98 Å². The van der Waals surface area contributed by atoms with E-state index < -0.39 is 0 Å². The minimum Gasteiger partial charge on any atom is -0.508 e. The zero-order valence-corrected chi connectivity index (χ0v) is 10.1. The lowest BCUT2D eigenvalue weighted by Crippen LogP contribution is -1.91. The van der Waals surface area contributed by atoms with Gasteiger partial charge in [0.25, 0.3) is 0 Å². The second-order valence-corrected chi connectivity index (χ2v) is 4.63. The molecule has 0 saturated heterocycles. The number of hydrogen-bond acceptors (Lipinski definition) is 4. The van der Waals surface area contributed by atoms with Gasteiger partial charge in [0.05, 0.1) is 0 Å². The molecule has 0 radical (unpaired) electrons. The lowest BCUT2D eigenvalue weighted by Gasteiger charge is -2.03. The number of pyridine rings is 1. The van der Waals surface area contributed by atoms with Crippen LogP contribution in [0.3, 0.4) is 0 Å². The van der Waals surface area contributed by atoms with Crippen LogP contribution >= 0.6 is 11.8 Å². The summed E-state index contributed by atoms with van der Waals surface area (Å²) in [5.41, 5.74) is 1.34. The predicted molar refractivity (Wildman–Crippen MR) is 66.6 cm³/mol. The highest BCUT2D eigenvalue weighted by Gasteiger charge is 2.02. The number of benzene rings is 1. The van der Waals surface area contributed by atoms with Gasteiger partial charge in [0.2, 0.25) is 0 Å². The highest BCUT2D eigenvalue weighted by molar-refractivity contribution is 7.99. The van der Waals surface area contributed by atoms with E-state index >= 15 is 0 Å². The molecule has 0 spiro atoms. The monoisotopic (exact) mass is 245 g/mol. The van der Waals surface area contributed by atoms with E-state index in [1.165, 1.54) is 11.8 Å². The molecule has 0 atom stereocenters. The van der Waals surface area contributed by atoms with Crippen molar-refractivity contribution in [2.24, 2.45) is 0 Å². The van der Waals surface area contributed by atoms with Gasteiger partial charge in [-0.15, -0.1) is 0 Å². The molecule has 2 rings (SSSR count). The van der Waals surface area contributed by atoms with Crippen molar-refractivity contribution in [3.8, 4) is 5.75 Å². The minimum atomic E-state index is 0.245. The summed E-state index contributed by atoms with van der Waals surface area (Å²) in [7, 11) is 0. The summed E-state index contributed by atoms with van der Waals surface area (Å²) in [4.78, 5) is 16.0. The van der Waals surface area contributed by atoms with Crippen molar-refractivity contribution in [3.05, 3.63) is 47.7 Å². The van der Waals surface area contributed by atoms with Crippen molar-refractivity contribution < 1.29 is 9.90 Å². The van der Waals surface area contributed by atoms with E-state index in [9.17, 15) is 9.90 Å². The highest BCUT2D eigenvalue weighted by atomic mass is 32.2. The summed E-state index contributed by atoms with van der Waals surface area (Å²) in [5.74, 6) is 0.245. The Bertz CT molecular complexity index is 538. The topological polar surface area (TPSA) is 50.2 Å². The Morgan fingerprint density at radius 3 is 2.47 bits per heavy atom. The standard InChI is InChI=1S/C13H11NO2S/c1-9-10(8-15)2-7-13(14-9)17-12-5-3-11(16)4-6-12/h2-8,16H,1H3. The quantitative estimate of drug-likeness (QED) is 0.844. The van der Waals surface area contributed by atoms with E-state index in [1.807, 2.05) is 25.1 Å². The molecule has 0 aliphatic rings. The fourth-order valence-corrected chi connectivity index (χ4v) is 2.20. The maximum Gasteiger partial charge on any atom is 0.151 e. The Kier molecular flexibility index (Phi) is 3.44.